The number of para-hydroxylation sites is 1. The molecule has 0 aliphatic rings. The fourth-order valence-electron chi connectivity index (χ4n) is 6.88. The first-order valence-electron chi connectivity index (χ1n) is 16.3. The maximum Gasteiger partial charge on any atom is 0.0540 e. The molecule has 0 saturated heterocycles. The Balaban J connectivity index is 1.14. The highest BCUT2D eigenvalue weighted by atomic mass is 32.1. The SMILES string of the molecule is c1ccc(-c2ccc(N(c3ccc(-c4ccc5sc6c7ccccc7ccc6c5c4)cc3)c3ccccc3-c3ccccc3)cc2)cc1. The number of benzene rings is 8. The predicted molar refractivity (Wildman–Crippen MR) is 208 cm³/mol. The highest BCUT2D eigenvalue weighted by Gasteiger charge is 2.18. The van der Waals surface area contributed by atoms with Crippen LogP contribution in [-0.4, -0.2) is 0 Å². The molecule has 0 atom stereocenters. The van der Waals surface area contributed by atoms with Crippen LogP contribution in [0.4, 0.5) is 17.1 Å². The van der Waals surface area contributed by atoms with E-state index in [0.29, 0.717) is 0 Å². The molecular formula is C46H31NS. The van der Waals surface area contributed by atoms with Crippen LogP contribution in [0.15, 0.2) is 188 Å². The molecular weight excluding hydrogens is 599 g/mol. The summed E-state index contributed by atoms with van der Waals surface area (Å²) in [6.45, 7) is 0. The summed E-state index contributed by atoms with van der Waals surface area (Å²) < 4.78 is 2.69. The molecule has 0 aliphatic heterocycles. The number of hydrogen-bond donors (Lipinski definition) is 0. The molecule has 9 aromatic rings. The van der Waals surface area contributed by atoms with Gasteiger partial charge in [0.15, 0.2) is 0 Å². The van der Waals surface area contributed by atoms with Crippen LogP contribution in [0, 0.1) is 0 Å². The smallest absolute Gasteiger partial charge is 0.0540 e. The zero-order chi connectivity index (χ0) is 31.9. The Hall–Kier alpha value is -5.96. The van der Waals surface area contributed by atoms with Gasteiger partial charge in [-0.1, -0.05) is 146 Å². The van der Waals surface area contributed by atoms with Gasteiger partial charge in [0.1, 0.15) is 0 Å². The van der Waals surface area contributed by atoms with Crippen molar-refractivity contribution in [3.05, 3.63) is 188 Å². The van der Waals surface area contributed by atoms with Gasteiger partial charge < -0.3 is 4.90 Å². The third-order valence-corrected chi connectivity index (χ3v) is 10.5. The Morgan fingerprint density at radius 2 is 0.917 bits per heavy atom. The molecule has 0 saturated carbocycles. The van der Waals surface area contributed by atoms with E-state index in [4.69, 9.17) is 0 Å². The van der Waals surface area contributed by atoms with Gasteiger partial charge in [-0.05, 0) is 81.1 Å². The number of anilines is 3. The van der Waals surface area contributed by atoms with Gasteiger partial charge in [-0.15, -0.1) is 11.3 Å². The van der Waals surface area contributed by atoms with Crippen LogP contribution in [0.25, 0.3) is 64.3 Å². The summed E-state index contributed by atoms with van der Waals surface area (Å²) in [5, 5.41) is 5.27. The molecule has 1 nitrogen and oxygen atoms in total. The van der Waals surface area contributed by atoms with Gasteiger partial charge in [0.2, 0.25) is 0 Å². The summed E-state index contributed by atoms with van der Waals surface area (Å²) in [7, 11) is 0. The van der Waals surface area contributed by atoms with Crippen LogP contribution < -0.4 is 4.90 Å². The summed E-state index contributed by atoms with van der Waals surface area (Å²) >= 11 is 1.89. The van der Waals surface area contributed by atoms with Crippen molar-refractivity contribution in [2.45, 2.75) is 0 Å². The number of fused-ring (bicyclic) bond motifs is 5. The molecule has 0 bridgehead atoms. The highest BCUT2D eigenvalue weighted by Crippen LogP contribution is 2.43. The van der Waals surface area contributed by atoms with Crippen LogP contribution in [0.2, 0.25) is 0 Å². The molecule has 0 amide bonds. The summed E-state index contributed by atoms with van der Waals surface area (Å²) in [5.74, 6) is 0. The van der Waals surface area contributed by atoms with Crippen molar-refractivity contribution in [2.24, 2.45) is 0 Å². The number of hydrogen-bond acceptors (Lipinski definition) is 2. The predicted octanol–water partition coefficient (Wildman–Crippen LogP) is 13.7. The Morgan fingerprint density at radius 1 is 0.354 bits per heavy atom. The van der Waals surface area contributed by atoms with Crippen molar-refractivity contribution in [3.8, 4) is 33.4 Å². The molecule has 0 unspecified atom stereocenters. The molecule has 0 aliphatic carbocycles. The fraction of sp³-hybridized carbons (Fsp3) is 0. The van der Waals surface area contributed by atoms with E-state index in [1.165, 1.54) is 64.3 Å². The van der Waals surface area contributed by atoms with Gasteiger partial charge in [-0.3, -0.25) is 0 Å². The zero-order valence-corrected chi connectivity index (χ0v) is 27.1. The molecule has 226 valence electrons. The lowest BCUT2D eigenvalue weighted by Crippen LogP contribution is -2.11. The lowest BCUT2D eigenvalue weighted by molar-refractivity contribution is 1.28. The van der Waals surface area contributed by atoms with Crippen LogP contribution in [0.1, 0.15) is 0 Å². The minimum Gasteiger partial charge on any atom is -0.310 e. The second-order valence-electron chi connectivity index (χ2n) is 12.2. The maximum atomic E-state index is 2.38. The standard InChI is InChI=1S/C46H31NS/c1-3-11-32(12-4-1)33-19-25-38(26-20-33)47(44-18-10-9-16-40(44)35-13-5-2-6-14-35)39-27-21-34(22-28-39)37-24-30-45-43(31-37)42-29-23-36-15-7-8-17-41(36)46(42)48-45/h1-31H. The van der Waals surface area contributed by atoms with Gasteiger partial charge in [0, 0.05) is 37.1 Å². The van der Waals surface area contributed by atoms with E-state index in [0.717, 1.165) is 17.1 Å². The van der Waals surface area contributed by atoms with Crippen LogP contribution in [0.5, 0.6) is 0 Å². The van der Waals surface area contributed by atoms with Crippen molar-refractivity contribution in [2.75, 3.05) is 4.90 Å². The Bertz CT molecular complexity index is 2530. The third-order valence-electron chi connectivity index (χ3n) is 9.28. The van der Waals surface area contributed by atoms with Gasteiger partial charge in [0.05, 0.1) is 5.69 Å². The molecule has 48 heavy (non-hydrogen) atoms. The first-order chi connectivity index (χ1) is 23.8. The van der Waals surface area contributed by atoms with E-state index in [2.05, 4.69) is 193 Å². The molecule has 0 fully saturated rings. The van der Waals surface area contributed by atoms with Crippen molar-refractivity contribution >= 4 is 59.3 Å². The topological polar surface area (TPSA) is 3.24 Å². The fourth-order valence-corrected chi connectivity index (χ4v) is 8.10. The van der Waals surface area contributed by atoms with E-state index in [1.807, 2.05) is 11.3 Å². The average Bonchev–Trinajstić information content (AvgIpc) is 3.55. The summed E-state index contributed by atoms with van der Waals surface area (Å²) in [4.78, 5) is 2.38. The van der Waals surface area contributed by atoms with E-state index in [9.17, 15) is 0 Å². The zero-order valence-electron chi connectivity index (χ0n) is 26.3. The van der Waals surface area contributed by atoms with Gasteiger partial charge in [-0.25, -0.2) is 0 Å². The number of thiophene rings is 1. The normalized spacial score (nSPS) is 11.3. The number of rotatable bonds is 6. The maximum absolute atomic E-state index is 2.38. The second-order valence-corrected chi connectivity index (χ2v) is 13.2. The van der Waals surface area contributed by atoms with Crippen molar-refractivity contribution in [1.29, 1.82) is 0 Å². The van der Waals surface area contributed by atoms with E-state index in [-0.39, 0.29) is 0 Å². The minimum absolute atomic E-state index is 1.11. The molecule has 2 heteroatoms. The lowest BCUT2D eigenvalue weighted by Gasteiger charge is -2.28. The molecule has 0 spiro atoms. The average molecular weight is 630 g/mol. The van der Waals surface area contributed by atoms with Gasteiger partial charge in [0.25, 0.3) is 0 Å². The Labute approximate surface area is 284 Å². The van der Waals surface area contributed by atoms with Crippen molar-refractivity contribution in [1.82, 2.24) is 0 Å². The van der Waals surface area contributed by atoms with Crippen molar-refractivity contribution < 1.29 is 0 Å². The third kappa shape index (κ3) is 5.04. The molecule has 1 heterocycles. The molecule has 9 rings (SSSR count). The van der Waals surface area contributed by atoms with Gasteiger partial charge >= 0.3 is 0 Å². The summed E-state index contributed by atoms with van der Waals surface area (Å²) in [6, 6.07) is 68.0. The van der Waals surface area contributed by atoms with Crippen molar-refractivity contribution in [3.63, 3.8) is 0 Å². The van der Waals surface area contributed by atoms with E-state index < -0.39 is 0 Å². The van der Waals surface area contributed by atoms with E-state index >= 15 is 0 Å². The van der Waals surface area contributed by atoms with Crippen LogP contribution in [0.3, 0.4) is 0 Å². The second kappa shape index (κ2) is 12.0. The molecule has 0 radical (unpaired) electrons. The summed E-state index contributed by atoms with van der Waals surface area (Å²) in [5.41, 5.74) is 10.6. The first kappa shape index (κ1) is 28.3. The first-order valence-corrected chi connectivity index (χ1v) is 17.2. The molecule has 1 aromatic heterocycles. The molecule has 0 N–H and O–H groups in total. The molecule has 8 aromatic carbocycles. The monoisotopic (exact) mass is 629 g/mol. The Kier molecular flexibility index (Phi) is 7.07. The highest BCUT2D eigenvalue weighted by molar-refractivity contribution is 7.26. The number of nitrogens with zero attached hydrogens (tertiary/aromatic N) is 1. The lowest BCUT2D eigenvalue weighted by atomic mass is 9.99. The largest absolute Gasteiger partial charge is 0.310 e. The Morgan fingerprint density at radius 3 is 1.65 bits per heavy atom. The quantitative estimate of drug-likeness (QED) is 0.177. The van der Waals surface area contributed by atoms with Gasteiger partial charge in [-0.2, -0.15) is 0 Å². The minimum atomic E-state index is 1.11. The van der Waals surface area contributed by atoms with E-state index in [1.54, 1.807) is 0 Å². The van der Waals surface area contributed by atoms with Crippen LogP contribution >= 0.6 is 11.3 Å². The van der Waals surface area contributed by atoms with Crippen LogP contribution in [-0.2, 0) is 0 Å². The summed E-state index contributed by atoms with van der Waals surface area (Å²) in [6.07, 6.45) is 0.